The van der Waals surface area contributed by atoms with Crippen LogP contribution in [0.4, 0.5) is 0 Å². The summed E-state index contributed by atoms with van der Waals surface area (Å²) in [6.45, 7) is 8.60. The van der Waals surface area contributed by atoms with Gasteiger partial charge in [0, 0.05) is 26.9 Å². The fourth-order valence-electron chi connectivity index (χ4n) is 1.23. The fourth-order valence-corrected chi connectivity index (χ4v) is 1.23. The summed E-state index contributed by atoms with van der Waals surface area (Å²) in [7, 11) is 3.79. The maximum Gasteiger partial charge on any atom is 0.0644 e. The van der Waals surface area contributed by atoms with Gasteiger partial charge in [-0.15, -0.1) is 0 Å². The molecular weight excluding hydrogens is 194 g/mol. The fraction of sp³-hybridized carbons (Fsp3) is 1.00. The Hall–Kier alpha value is -0.160. The molecule has 0 aromatic carbocycles. The van der Waals surface area contributed by atoms with E-state index in [1.165, 1.54) is 0 Å². The second-order valence-electron chi connectivity index (χ2n) is 3.45. The molecule has 0 aliphatic carbocycles. The summed E-state index contributed by atoms with van der Waals surface area (Å²) in [5.74, 6) is 0. The summed E-state index contributed by atoms with van der Waals surface area (Å²) in [6, 6.07) is 0.319. The Morgan fingerprint density at radius 3 is 2.00 bits per heavy atom. The third-order valence-electron chi connectivity index (χ3n) is 2.30. The number of nitrogens with zero attached hydrogens (tertiary/aromatic N) is 1. The molecule has 0 amide bonds. The average Bonchev–Trinajstić information content (AvgIpc) is 2.26. The Morgan fingerprint density at radius 2 is 1.60 bits per heavy atom. The van der Waals surface area contributed by atoms with Gasteiger partial charge in [-0.05, 0) is 20.9 Å². The van der Waals surface area contributed by atoms with Gasteiger partial charge in [-0.1, -0.05) is 0 Å². The number of hydrogen-bond donors (Lipinski definition) is 0. The summed E-state index contributed by atoms with van der Waals surface area (Å²) in [5.41, 5.74) is 0. The second kappa shape index (κ2) is 10.4. The maximum absolute atomic E-state index is 5.43. The van der Waals surface area contributed by atoms with Crippen molar-refractivity contribution in [3.63, 3.8) is 0 Å². The zero-order chi connectivity index (χ0) is 11.5. The van der Waals surface area contributed by atoms with E-state index in [9.17, 15) is 0 Å². The maximum atomic E-state index is 5.43. The molecule has 0 saturated heterocycles. The van der Waals surface area contributed by atoms with Gasteiger partial charge < -0.3 is 14.2 Å². The summed E-state index contributed by atoms with van der Waals surface area (Å²) < 4.78 is 15.9. The first-order valence-corrected chi connectivity index (χ1v) is 5.60. The average molecular weight is 219 g/mol. The highest BCUT2D eigenvalue weighted by Gasteiger charge is 2.14. The van der Waals surface area contributed by atoms with E-state index in [-0.39, 0.29) is 0 Å². The van der Waals surface area contributed by atoms with Crippen LogP contribution >= 0.6 is 0 Å². The van der Waals surface area contributed by atoms with Gasteiger partial charge in [0.15, 0.2) is 0 Å². The van der Waals surface area contributed by atoms with Gasteiger partial charge in [0.25, 0.3) is 0 Å². The lowest BCUT2D eigenvalue weighted by molar-refractivity contribution is 0.0129. The van der Waals surface area contributed by atoms with Crippen LogP contribution in [0.5, 0.6) is 0 Å². The highest BCUT2D eigenvalue weighted by atomic mass is 16.5. The molecule has 15 heavy (non-hydrogen) atoms. The zero-order valence-corrected chi connectivity index (χ0v) is 10.5. The zero-order valence-electron chi connectivity index (χ0n) is 10.5. The molecule has 0 saturated carbocycles. The predicted octanol–water partition coefficient (Wildman–Crippen LogP) is 1.01. The Bertz CT molecular complexity index is 125. The van der Waals surface area contributed by atoms with Gasteiger partial charge in [0.1, 0.15) is 0 Å². The number of hydrogen-bond acceptors (Lipinski definition) is 4. The third-order valence-corrected chi connectivity index (χ3v) is 2.30. The van der Waals surface area contributed by atoms with Crippen molar-refractivity contribution in [2.24, 2.45) is 0 Å². The Labute approximate surface area is 93.5 Å². The molecule has 0 rings (SSSR count). The van der Waals surface area contributed by atoms with Gasteiger partial charge in [-0.2, -0.15) is 0 Å². The molecule has 0 heterocycles. The molecule has 92 valence electrons. The quantitative estimate of drug-likeness (QED) is 0.548. The van der Waals surface area contributed by atoms with Gasteiger partial charge in [0.05, 0.1) is 25.9 Å². The lowest BCUT2D eigenvalue weighted by Crippen LogP contribution is -2.41. The van der Waals surface area contributed by atoms with Crippen LogP contribution in [0, 0.1) is 0 Å². The van der Waals surface area contributed by atoms with Crippen molar-refractivity contribution >= 4 is 0 Å². The molecular formula is C11H25NO3. The molecule has 0 aromatic heterocycles. The molecule has 0 aromatic rings. The predicted molar refractivity (Wildman–Crippen MR) is 61.3 cm³/mol. The Kier molecular flexibility index (Phi) is 10.3. The first-order valence-electron chi connectivity index (χ1n) is 5.60. The Morgan fingerprint density at radius 1 is 1.07 bits per heavy atom. The molecule has 0 fully saturated rings. The molecule has 0 radical (unpaired) electrons. The van der Waals surface area contributed by atoms with Crippen LogP contribution in [0.2, 0.25) is 0 Å². The van der Waals surface area contributed by atoms with E-state index in [1.807, 2.05) is 13.8 Å². The minimum atomic E-state index is 0.319. The molecule has 4 heteroatoms. The largest absolute Gasteiger partial charge is 0.383 e. The molecule has 0 aliphatic rings. The van der Waals surface area contributed by atoms with E-state index in [4.69, 9.17) is 14.2 Å². The van der Waals surface area contributed by atoms with E-state index in [1.54, 1.807) is 7.11 Å². The highest BCUT2D eigenvalue weighted by Crippen LogP contribution is 1.99. The van der Waals surface area contributed by atoms with Crippen molar-refractivity contribution in [3.8, 4) is 0 Å². The normalized spacial score (nSPS) is 11.6. The van der Waals surface area contributed by atoms with E-state index >= 15 is 0 Å². The summed E-state index contributed by atoms with van der Waals surface area (Å²) in [5, 5.41) is 0. The Balaban J connectivity index is 3.84. The van der Waals surface area contributed by atoms with Gasteiger partial charge in [-0.25, -0.2) is 0 Å². The second-order valence-corrected chi connectivity index (χ2v) is 3.45. The summed E-state index contributed by atoms with van der Waals surface area (Å²) in [4.78, 5) is 2.22. The molecule has 0 atom stereocenters. The van der Waals surface area contributed by atoms with Crippen LogP contribution in [-0.4, -0.2) is 64.7 Å². The lowest BCUT2D eigenvalue weighted by Gasteiger charge is -2.27. The smallest absolute Gasteiger partial charge is 0.0644 e. The minimum Gasteiger partial charge on any atom is -0.383 e. The first-order chi connectivity index (χ1) is 7.26. The molecule has 0 bridgehead atoms. The number of likely N-dealkylation sites (N-methyl/N-ethyl adjacent to an activating group) is 1. The number of rotatable bonds is 10. The van der Waals surface area contributed by atoms with E-state index in [2.05, 4.69) is 11.9 Å². The van der Waals surface area contributed by atoms with Crippen LogP contribution < -0.4 is 0 Å². The van der Waals surface area contributed by atoms with Crippen LogP contribution in [0.25, 0.3) is 0 Å². The number of ether oxygens (including phenoxy) is 3. The van der Waals surface area contributed by atoms with Gasteiger partial charge >= 0.3 is 0 Å². The van der Waals surface area contributed by atoms with Gasteiger partial charge in [-0.3, -0.25) is 4.90 Å². The van der Waals surface area contributed by atoms with E-state index < -0.39 is 0 Å². The standard InChI is InChI=1S/C11H25NO3/c1-5-14-9-11(10-15-6-2)12(3)7-8-13-4/h11H,5-10H2,1-4H3. The van der Waals surface area contributed by atoms with Crippen molar-refractivity contribution in [1.82, 2.24) is 4.90 Å². The lowest BCUT2D eigenvalue weighted by atomic mass is 10.3. The molecule has 0 unspecified atom stereocenters. The van der Waals surface area contributed by atoms with Gasteiger partial charge in [0.2, 0.25) is 0 Å². The van der Waals surface area contributed by atoms with E-state index in [0.29, 0.717) is 6.04 Å². The molecule has 0 aliphatic heterocycles. The van der Waals surface area contributed by atoms with E-state index in [0.717, 1.165) is 39.6 Å². The SMILES string of the molecule is CCOCC(COCC)N(C)CCOC. The third kappa shape index (κ3) is 7.73. The molecule has 0 spiro atoms. The van der Waals surface area contributed by atoms with Crippen LogP contribution in [-0.2, 0) is 14.2 Å². The van der Waals surface area contributed by atoms with Crippen molar-refractivity contribution in [2.75, 3.05) is 53.7 Å². The van der Waals surface area contributed by atoms with Crippen LogP contribution in [0.15, 0.2) is 0 Å². The first kappa shape index (κ1) is 14.8. The molecule has 0 N–H and O–H groups in total. The summed E-state index contributed by atoms with van der Waals surface area (Å²) >= 11 is 0. The van der Waals surface area contributed by atoms with Crippen molar-refractivity contribution < 1.29 is 14.2 Å². The minimum absolute atomic E-state index is 0.319. The van der Waals surface area contributed by atoms with Crippen molar-refractivity contribution in [3.05, 3.63) is 0 Å². The molecule has 4 nitrogen and oxygen atoms in total. The van der Waals surface area contributed by atoms with Crippen LogP contribution in [0.3, 0.4) is 0 Å². The van der Waals surface area contributed by atoms with Crippen molar-refractivity contribution in [1.29, 1.82) is 0 Å². The topological polar surface area (TPSA) is 30.9 Å². The monoisotopic (exact) mass is 219 g/mol. The van der Waals surface area contributed by atoms with Crippen molar-refractivity contribution in [2.45, 2.75) is 19.9 Å². The summed E-state index contributed by atoms with van der Waals surface area (Å²) in [6.07, 6.45) is 0. The highest BCUT2D eigenvalue weighted by molar-refractivity contribution is 4.67. The number of methoxy groups -OCH3 is 1. The van der Waals surface area contributed by atoms with Crippen LogP contribution in [0.1, 0.15) is 13.8 Å².